The quantitative estimate of drug-likeness (QED) is 0.413. The van der Waals surface area contributed by atoms with Crippen LogP contribution in [0.15, 0.2) is 41.5 Å². The summed E-state index contributed by atoms with van der Waals surface area (Å²) in [6.07, 6.45) is 3.82. The average Bonchev–Trinajstić information content (AvgIpc) is 3.60. The molecule has 1 atom stereocenters. The Morgan fingerprint density at radius 2 is 1.78 bits per heavy atom. The number of quaternary nitrogens is 1. The first-order chi connectivity index (χ1) is 17.5. The largest absolute Gasteiger partial charge is 0.382 e. The zero-order chi connectivity index (χ0) is 24.7. The molecule has 10 nitrogen and oxygen atoms in total. The number of nitrogens with two attached hydrogens (primary N) is 1. The van der Waals surface area contributed by atoms with Crippen molar-refractivity contribution in [2.24, 2.45) is 0 Å². The van der Waals surface area contributed by atoms with Gasteiger partial charge in [-0.2, -0.15) is 9.97 Å². The number of fused-ring (bicyclic) bond motifs is 1. The van der Waals surface area contributed by atoms with E-state index in [9.17, 15) is 0 Å². The van der Waals surface area contributed by atoms with E-state index >= 15 is 0 Å². The zero-order valence-electron chi connectivity index (χ0n) is 20.7. The Bertz CT molecular complexity index is 1330. The molecule has 36 heavy (non-hydrogen) atoms. The van der Waals surface area contributed by atoms with Crippen molar-refractivity contribution in [1.82, 2.24) is 33.9 Å². The number of aromatic nitrogens is 5. The molecule has 2 fully saturated rings. The molecule has 2 aliphatic heterocycles. The first kappa shape index (κ1) is 23.3. The van der Waals surface area contributed by atoms with Crippen LogP contribution in [-0.2, 0) is 4.74 Å². The first-order valence-electron chi connectivity index (χ1n) is 12.4. The smallest absolute Gasteiger partial charge is 0.338 e. The maximum Gasteiger partial charge on any atom is 0.338 e. The maximum absolute atomic E-state index is 6.49. The van der Waals surface area contributed by atoms with E-state index in [4.69, 9.17) is 20.4 Å². The summed E-state index contributed by atoms with van der Waals surface area (Å²) in [6.45, 7) is 5.45. The number of nitrogen functional groups attached to an aromatic ring is 1. The molecule has 0 amide bonds. The van der Waals surface area contributed by atoms with Gasteiger partial charge in [-0.25, -0.2) is 14.5 Å². The molecule has 5 heterocycles. The highest BCUT2D eigenvalue weighted by atomic mass is 32.1. The van der Waals surface area contributed by atoms with Gasteiger partial charge in [0.05, 0.1) is 25.8 Å². The number of imidazole rings is 1. The standard InChI is InChI=1S/C25H32N9OS/c1-31-9-7-20(8-10-31)34(2,19-5-3-18(4-6-19)32-11-13-35-14-12-32)25-29-23(26)22-24(30-25)33(16-27-22)21-15-36-17-28-21/h3-6,15-17,20H,7-14H2,1-2H3,(H2,26,29,30)/q+1. The van der Waals surface area contributed by atoms with Crippen molar-refractivity contribution < 1.29 is 4.74 Å². The average molecular weight is 507 g/mol. The number of piperidine rings is 1. The van der Waals surface area contributed by atoms with Gasteiger partial charge in [-0.1, -0.05) is 0 Å². The van der Waals surface area contributed by atoms with E-state index in [1.807, 2.05) is 9.95 Å². The van der Waals surface area contributed by atoms with Gasteiger partial charge in [-0.15, -0.1) is 11.3 Å². The van der Waals surface area contributed by atoms with Crippen molar-refractivity contribution in [3.8, 4) is 5.82 Å². The van der Waals surface area contributed by atoms with Gasteiger partial charge in [0.1, 0.15) is 18.1 Å². The minimum atomic E-state index is 0.322. The number of benzene rings is 1. The van der Waals surface area contributed by atoms with Gasteiger partial charge in [0, 0.05) is 62.2 Å². The van der Waals surface area contributed by atoms with Gasteiger partial charge in [0.25, 0.3) is 0 Å². The van der Waals surface area contributed by atoms with Gasteiger partial charge in [-0.3, -0.25) is 4.57 Å². The van der Waals surface area contributed by atoms with Crippen LogP contribution in [0.25, 0.3) is 17.0 Å². The molecule has 4 aromatic rings. The number of hydrogen-bond acceptors (Lipinski definition) is 9. The number of ether oxygens (including phenoxy) is 1. The lowest BCUT2D eigenvalue weighted by Crippen LogP contribution is -2.54. The highest BCUT2D eigenvalue weighted by Gasteiger charge is 2.42. The van der Waals surface area contributed by atoms with E-state index in [0.717, 1.165) is 63.7 Å². The minimum Gasteiger partial charge on any atom is -0.382 e. The molecule has 0 aliphatic carbocycles. The summed E-state index contributed by atoms with van der Waals surface area (Å²) < 4.78 is 7.92. The second-order valence-electron chi connectivity index (χ2n) is 9.77. The van der Waals surface area contributed by atoms with Gasteiger partial charge < -0.3 is 20.3 Å². The van der Waals surface area contributed by atoms with Crippen LogP contribution in [0.5, 0.6) is 0 Å². The second kappa shape index (κ2) is 9.40. The zero-order valence-corrected chi connectivity index (χ0v) is 21.6. The molecule has 6 rings (SSSR count). The Hall–Kier alpha value is -3.12. The van der Waals surface area contributed by atoms with Crippen LogP contribution in [0, 0.1) is 0 Å². The lowest BCUT2D eigenvalue weighted by molar-refractivity contribution is 0.122. The summed E-state index contributed by atoms with van der Waals surface area (Å²) in [5, 5.41) is 1.98. The summed E-state index contributed by atoms with van der Waals surface area (Å²) in [7, 11) is 4.41. The lowest BCUT2D eigenvalue weighted by atomic mass is 10.00. The maximum atomic E-state index is 6.49. The number of rotatable bonds is 5. The monoisotopic (exact) mass is 506 g/mol. The topological polar surface area (TPSA) is 98.2 Å². The van der Waals surface area contributed by atoms with E-state index in [1.165, 1.54) is 17.0 Å². The Morgan fingerprint density at radius 3 is 2.47 bits per heavy atom. The molecule has 0 saturated carbocycles. The van der Waals surface area contributed by atoms with Gasteiger partial charge in [0.15, 0.2) is 22.8 Å². The summed E-state index contributed by atoms with van der Waals surface area (Å²) in [4.78, 5) is 23.7. The third-order valence-electron chi connectivity index (χ3n) is 7.67. The number of likely N-dealkylation sites (tertiary alicyclic amines) is 1. The Labute approximate surface area is 214 Å². The molecule has 2 aliphatic rings. The third kappa shape index (κ3) is 4.01. The number of nitrogens with zero attached hydrogens (tertiary/aromatic N) is 8. The van der Waals surface area contributed by atoms with Crippen molar-refractivity contribution in [2.45, 2.75) is 18.9 Å². The highest BCUT2D eigenvalue weighted by molar-refractivity contribution is 7.07. The Balaban J connectivity index is 1.46. The molecule has 2 saturated heterocycles. The van der Waals surface area contributed by atoms with Crippen LogP contribution < -0.4 is 15.1 Å². The molecule has 3 aromatic heterocycles. The summed E-state index contributed by atoms with van der Waals surface area (Å²) in [5.74, 6) is 1.87. The predicted molar refractivity (Wildman–Crippen MR) is 144 cm³/mol. The molecule has 0 bridgehead atoms. The molecular weight excluding hydrogens is 474 g/mol. The van der Waals surface area contributed by atoms with E-state index in [2.05, 4.69) is 58.1 Å². The van der Waals surface area contributed by atoms with Gasteiger partial charge in [0.2, 0.25) is 0 Å². The molecule has 0 radical (unpaired) electrons. The molecule has 11 heteroatoms. The first-order valence-corrected chi connectivity index (χ1v) is 13.4. The van der Waals surface area contributed by atoms with Crippen molar-refractivity contribution in [3.63, 3.8) is 0 Å². The van der Waals surface area contributed by atoms with Crippen LogP contribution in [0.1, 0.15) is 12.8 Å². The van der Waals surface area contributed by atoms with E-state index < -0.39 is 0 Å². The Kier molecular flexibility index (Phi) is 6.08. The van der Waals surface area contributed by atoms with Crippen LogP contribution in [-0.4, -0.2) is 88.9 Å². The summed E-state index contributed by atoms with van der Waals surface area (Å²) in [6, 6.07) is 9.21. The summed E-state index contributed by atoms with van der Waals surface area (Å²) >= 11 is 1.54. The van der Waals surface area contributed by atoms with Crippen LogP contribution in [0.3, 0.4) is 0 Å². The van der Waals surface area contributed by atoms with Crippen LogP contribution in [0.2, 0.25) is 0 Å². The Morgan fingerprint density at radius 1 is 1.03 bits per heavy atom. The van der Waals surface area contributed by atoms with E-state index in [-0.39, 0.29) is 0 Å². The number of thiazole rings is 1. The minimum absolute atomic E-state index is 0.322. The SMILES string of the molecule is CN1CCC([N+](C)(c2ccc(N3CCOCC3)cc2)c2nc(N)c3ncn(-c4cscn4)c3n2)CC1. The fourth-order valence-corrected chi connectivity index (χ4v) is 5.93. The van der Waals surface area contributed by atoms with E-state index in [1.54, 1.807) is 11.8 Å². The van der Waals surface area contributed by atoms with Crippen molar-refractivity contribution in [1.29, 1.82) is 0 Å². The highest BCUT2D eigenvalue weighted by Crippen LogP contribution is 2.39. The second-order valence-corrected chi connectivity index (χ2v) is 10.5. The normalized spacial score (nSPS) is 19.6. The van der Waals surface area contributed by atoms with Crippen molar-refractivity contribution in [3.05, 3.63) is 41.5 Å². The molecule has 0 spiro atoms. The lowest BCUT2D eigenvalue weighted by Gasteiger charge is -2.42. The molecule has 2 N–H and O–H groups in total. The predicted octanol–water partition coefficient (Wildman–Crippen LogP) is 3.05. The number of morpholine rings is 1. The fraction of sp³-hybridized carbons (Fsp3) is 0.440. The molecule has 1 unspecified atom stereocenters. The third-order valence-corrected chi connectivity index (χ3v) is 8.25. The van der Waals surface area contributed by atoms with Crippen LogP contribution in [0.4, 0.5) is 23.1 Å². The molecular formula is C25H32N9OS+. The van der Waals surface area contributed by atoms with Gasteiger partial charge in [-0.05, 0) is 19.2 Å². The van der Waals surface area contributed by atoms with Crippen LogP contribution >= 0.6 is 11.3 Å². The summed E-state index contributed by atoms with van der Waals surface area (Å²) in [5.41, 5.74) is 12.0. The molecule has 188 valence electrons. The number of hydrogen-bond donors (Lipinski definition) is 1. The van der Waals surface area contributed by atoms with Crippen molar-refractivity contribution in [2.75, 3.05) is 64.1 Å². The van der Waals surface area contributed by atoms with E-state index in [0.29, 0.717) is 33.5 Å². The molecule has 1 aromatic carbocycles. The van der Waals surface area contributed by atoms with Crippen molar-refractivity contribution >= 4 is 45.6 Å². The van der Waals surface area contributed by atoms with Gasteiger partial charge >= 0.3 is 5.95 Å². The number of anilines is 2. The fourth-order valence-electron chi connectivity index (χ4n) is 5.41.